The molecule has 0 aromatic heterocycles. The van der Waals surface area contributed by atoms with Crippen molar-refractivity contribution in [3.63, 3.8) is 0 Å². The van der Waals surface area contributed by atoms with Crippen LogP contribution in [-0.4, -0.2) is 18.2 Å². The third-order valence-corrected chi connectivity index (χ3v) is 2.62. The Morgan fingerprint density at radius 3 is 2.67 bits per heavy atom. The molecule has 1 saturated heterocycles. The highest BCUT2D eigenvalue weighted by Crippen LogP contribution is 2.32. The van der Waals surface area contributed by atoms with Gasteiger partial charge in [0.05, 0.1) is 11.7 Å². The van der Waals surface area contributed by atoms with Crippen molar-refractivity contribution < 1.29 is 4.74 Å². The van der Waals surface area contributed by atoms with Crippen LogP contribution in [-0.2, 0) is 4.74 Å². The molecule has 1 rings (SSSR count). The molecule has 0 radical (unpaired) electrons. The smallest absolute Gasteiger partial charge is 0.0631 e. The minimum absolute atomic E-state index is 0.110. The number of hydrogen-bond acceptors (Lipinski definition) is 2. The van der Waals surface area contributed by atoms with Gasteiger partial charge in [-0.1, -0.05) is 6.92 Å². The van der Waals surface area contributed by atoms with Gasteiger partial charge in [-0.05, 0) is 45.6 Å². The van der Waals surface area contributed by atoms with Gasteiger partial charge in [-0.2, -0.15) is 0 Å². The van der Waals surface area contributed by atoms with Gasteiger partial charge in [-0.3, -0.25) is 0 Å². The lowest BCUT2D eigenvalue weighted by Gasteiger charge is -2.20. The Bertz CT molecular complexity index is 145. The molecule has 2 nitrogen and oxygen atoms in total. The summed E-state index contributed by atoms with van der Waals surface area (Å²) in [6.45, 7) is 7.30. The van der Waals surface area contributed by atoms with Gasteiger partial charge in [0.1, 0.15) is 0 Å². The summed E-state index contributed by atoms with van der Waals surface area (Å²) in [4.78, 5) is 0. The van der Waals surface area contributed by atoms with Gasteiger partial charge in [0.25, 0.3) is 0 Å². The Hall–Kier alpha value is -0.0800. The van der Waals surface area contributed by atoms with E-state index in [1.54, 1.807) is 0 Å². The number of hydrogen-bond donors (Lipinski definition) is 1. The van der Waals surface area contributed by atoms with Crippen LogP contribution in [0.2, 0.25) is 0 Å². The van der Waals surface area contributed by atoms with Crippen LogP contribution in [0.5, 0.6) is 0 Å². The molecular formula is C10H21NO. The topological polar surface area (TPSA) is 35.2 Å². The van der Waals surface area contributed by atoms with E-state index in [0.717, 1.165) is 13.0 Å². The van der Waals surface area contributed by atoms with Crippen LogP contribution in [0.15, 0.2) is 0 Å². The molecular weight excluding hydrogens is 150 g/mol. The van der Waals surface area contributed by atoms with Crippen LogP contribution in [0, 0.1) is 5.92 Å². The molecule has 0 spiro atoms. The second-order valence-corrected chi connectivity index (χ2v) is 4.61. The molecule has 0 bridgehead atoms. The lowest BCUT2D eigenvalue weighted by Crippen LogP contribution is -2.23. The molecule has 1 aliphatic rings. The van der Waals surface area contributed by atoms with Gasteiger partial charge in [0.15, 0.2) is 0 Å². The zero-order valence-corrected chi connectivity index (χ0v) is 8.47. The highest BCUT2D eigenvalue weighted by Gasteiger charge is 2.31. The molecule has 1 aliphatic heterocycles. The molecule has 2 atom stereocenters. The maximum atomic E-state index is 5.87. The van der Waals surface area contributed by atoms with Crippen molar-refractivity contribution in [2.75, 3.05) is 6.54 Å². The lowest BCUT2D eigenvalue weighted by molar-refractivity contribution is -0.0232. The highest BCUT2D eigenvalue weighted by atomic mass is 16.5. The lowest BCUT2D eigenvalue weighted by atomic mass is 10.0. The third kappa shape index (κ3) is 2.76. The molecule has 2 heteroatoms. The first kappa shape index (κ1) is 10.0. The molecule has 72 valence electrons. The van der Waals surface area contributed by atoms with Gasteiger partial charge in [-0.25, -0.2) is 0 Å². The summed E-state index contributed by atoms with van der Waals surface area (Å²) in [5, 5.41) is 0. The van der Waals surface area contributed by atoms with Crippen LogP contribution in [0.1, 0.15) is 40.0 Å². The monoisotopic (exact) mass is 171 g/mol. The van der Waals surface area contributed by atoms with E-state index >= 15 is 0 Å². The van der Waals surface area contributed by atoms with Gasteiger partial charge < -0.3 is 10.5 Å². The van der Waals surface area contributed by atoms with Crippen LogP contribution >= 0.6 is 0 Å². The highest BCUT2D eigenvalue weighted by molar-refractivity contribution is 4.81. The molecule has 1 heterocycles. The van der Waals surface area contributed by atoms with E-state index in [2.05, 4.69) is 20.8 Å². The van der Waals surface area contributed by atoms with E-state index in [1.807, 2.05) is 0 Å². The zero-order valence-electron chi connectivity index (χ0n) is 8.47. The fraction of sp³-hybridized carbons (Fsp3) is 1.00. The quantitative estimate of drug-likeness (QED) is 0.704. The predicted molar refractivity (Wildman–Crippen MR) is 51.0 cm³/mol. The SMILES string of the molecule is CC(CN)CC1CCC(C)(C)O1. The standard InChI is InChI=1S/C10H21NO/c1-8(7-11)6-9-4-5-10(2,3)12-9/h8-9H,4-7,11H2,1-3H3. The molecule has 0 saturated carbocycles. The maximum absolute atomic E-state index is 5.87. The van der Waals surface area contributed by atoms with Crippen LogP contribution in [0.4, 0.5) is 0 Å². The third-order valence-electron chi connectivity index (χ3n) is 2.62. The predicted octanol–water partition coefficient (Wildman–Crippen LogP) is 1.93. The molecule has 12 heavy (non-hydrogen) atoms. The van der Waals surface area contributed by atoms with E-state index in [1.165, 1.54) is 12.8 Å². The minimum Gasteiger partial charge on any atom is -0.372 e. The molecule has 0 aromatic carbocycles. The van der Waals surface area contributed by atoms with Crippen molar-refractivity contribution in [3.8, 4) is 0 Å². The van der Waals surface area contributed by atoms with E-state index in [0.29, 0.717) is 12.0 Å². The largest absolute Gasteiger partial charge is 0.372 e. The van der Waals surface area contributed by atoms with Crippen molar-refractivity contribution in [2.45, 2.75) is 51.7 Å². The van der Waals surface area contributed by atoms with Crippen LogP contribution < -0.4 is 5.73 Å². The summed E-state index contributed by atoms with van der Waals surface area (Å²) < 4.78 is 5.87. The Morgan fingerprint density at radius 1 is 1.58 bits per heavy atom. The maximum Gasteiger partial charge on any atom is 0.0631 e. The van der Waals surface area contributed by atoms with Crippen LogP contribution in [0.3, 0.4) is 0 Å². The summed E-state index contributed by atoms with van der Waals surface area (Å²) in [7, 11) is 0. The van der Waals surface area contributed by atoms with E-state index in [4.69, 9.17) is 10.5 Å². The van der Waals surface area contributed by atoms with E-state index < -0.39 is 0 Å². The number of rotatable bonds is 3. The average molecular weight is 171 g/mol. The Labute approximate surface area is 75.5 Å². The Morgan fingerprint density at radius 2 is 2.25 bits per heavy atom. The first-order valence-corrected chi connectivity index (χ1v) is 4.91. The Kier molecular flexibility index (Phi) is 3.13. The number of ether oxygens (including phenoxy) is 1. The first-order chi connectivity index (χ1) is 5.53. The van der Waals surface area contributed by atoms with E-state index in [9.17, 15) is 0 Å². The zero-order chi connectivity index (χ0) is 9.19. The molecule has 0 amide bonds. The summed E-state index contributed by atoms with van der Waals surface area (Å²) >= 11 is 0. The van der Waals surface area contributed by atoms with Gasteiger partial charge in [0, 0.05) is 0 Å². The summed E-state index contributed by atoms with van der Waals surface area (Å²) in [5.74, 6) is 0.601. The molecule has 0 aliphatic carbocycles. The van der Waals surface area contributed by atoms with Crippen molar-refractivity contribution >= 4 is 0 Å². The number of nitrogens with two attached hydrogens (primary N) is 1. The van der Waals surface area contributed by atoms with Crippen molar-refractivity contribution in [2.24, 2.45) is 11.7 Å². The minimum atomic E-state index is 0.110. The fourth-order valence-corrected chi connectivity index (χ4v) is 1.79. The van der Waals surface area contributed by atoms with Gasteiger partial charge in [0.2, 0.25) is 0 Å². The molecule has 2 N–H and O–H groups in total. The second-order valence-electron chi connectivity index (χ2n) is 4.61. The molecule has 1 fully saturated rings. The summed E-state index contributed by atoms with van der Waals surface area (Å²) in [6.07, 6.45) is 3.98. The molecule has 2 unspecified atom stereocenters. The molecule has 0 aromatic rings. The van der Waals surface area contributed by atoms with Crippen molar-refractivity contribution in [1.82, 2.24) is 0 Å². The fourth-order valence-electron chi connectivity index (χ4n) is 1.79. The van der Waals surface area contributed by atoms with Crippen molar-refractivity contribution in [3.05, 3.63) is 0 Å². The first-order valence-electron chi connectivity index (χ1n) is 4.91. The summed E-state index contributed by atoms with van der Waals surface area (Å²) in [6, 6.07) is 0. The van der Waals surface area contributed by atoms with Gasteiger partial charge in [-0.15, -0.1) is 0 Å². The average Bonchev–Trinajstić information content (AvgIpc) is 2.30. The summed E-state index contributed by atoms with van der Waals surface area (Å²) in [5.41, 5.74) is 5.67. The van der Waals surface area contributed by atoms with E-state index in [-0.39, 0.29) is 5.60 Å². The van der Waals surface area contributed by atoms with Gasteiger partial charge >= 0.3 is 0 Å². The Balaban J connectivity index is 2.28. The van der Waals surface area contributed by atoms with Crippen LogP contribution in [0.25, 0.3) is 0 Å². The van der Waals surface area contributed by atoms with Crippen molar-refractivity contribution in [1.29, 1.82) is 0 Å². The second kappa shape index (κ2) is 3.75. The normalized spacial score (nSPS) is 30.5.